The zero-order chi connectivity index (χ0) is 22.5. The fraction of sp³-hybridized carbons (Fsp3) is 0.0690. The highest BCUT2D eigenvalue weighted by atomic mass is 35.5. The number of nitrogens with zero attached hydrogens (tertiary/aromatic N) is 3. The topological polar surface area (TPSA) is 38.8 Å². The summed E-state index contributed by atoms with van der Waals surface area (Å²) in [5, 5.41) is 4.93. The Balaban J connectivity index is 0.00000274. The Morgan fingerprint density at radius 1 is 0.794 bits per heavy atom. The van der Waals surface area contributed by atoms with Crippen LogP contribution in [0.1, 0.15) is 21.6 Å². The van der Waals surface area contributed by atoms with E-state index in [1.807, 2.05) is 94.4 Å². The van der Waals surface area contributed by atoms with Gasteiger partial charge in [0.25, 0.3) is 0 Å². The molecule has 0 saturated heterocycles. The molecule has 0 spiro atoms. The van der Waals surface area contributed by atoms with E-state index in [4.69, 9.17) is 5.10 Å². The predicted octanol–water partition coefficient (Wildman–Crippen LogP) is 2.30. The first kappa shape index (κ1) is 23.1. The highest BCUT2D eigenvalue weighted by Crippen LogP contribution is 2.24. The van der Waals surface area contributed by atoms with E-state index < -0.39 is 0 Å². The maximum absolute atomic E-state index is 12.7. The van der Waals surface area contributed by atoms with Gasteiger partial charge >= 0.3 is 0 Å². The summed E-state index contributed by atoms with van der Waals surface area (Å²) in [5.74, 6) is 0.0825. The third-order valence-electron chi connectivity index (χ3n) is 5.56. The molecule has 0 bridgehead atoms. The fourth-order valence-corrected chi connectivity index (χ4v) is 3.95. The van der Waals surface area contributed by atoms with E-state index in [9.17, 15) is 4.79 Å². The average molecular weight is 466 g/mol. The van der Waals surface area contributed by atoms with Crippen molar-refractivity contribution in [3.63, 3.8) is 0 Å². The second kappa shape index (κ2) is 10.7. The van der Waals surface area contributed by atoms with Crippen molar-refractivity contribution in [3.8, 4) is 16.9 Å². The highest BCUT2D eigenvalue weighted by molar-refractivity contribution is 5.94. The van der Waals surface area contributed by atoms with Crippen LogP contribution in [0, 0.1) is 0 Å². The molecule has 0 amide bonds. The van der Waals surface area contributed by atoms with Crippen molar-refractivity contribution in [3.05, 3.63) is 138 Å². The van der Waals surface area contributed by atoms with Gasteiger partial charge in [0.05, 0.1) is 22.6 Å². The first-order valence-electron chi connectivity index (χ1n) is 11.0. The van der Waals surface area contributed by atoms with E-state index in [0.717, 1.165) is 34.6 Å². The molecule has 5 rings (SSSR count). The number of rotatable bonds is 7. The van der Waals surface area contributed by atoms with Crippen molar-refractivity contribution in [1.29, 1.82) is 0 Å². The zero-order valence-electron chi connectivity index (χ0n) is 18.6. The van der Waals surface area contributed by atoms with Crippen LogP contribution >= 0.6 is 0 Å². The summed E-state index contributed by atoms with van der Waals surface area (Å²) in [6, 6.07) is 36.1. The smallest absolute Gasteiger partial charge is 0.227 e. The van der Waals surface area contributed by atoms with Gasteiger partial charge in [0.1, 0.15) is 0 Å². The Labute approximate surface area is 205 Å². The van der Waals surface area contributed by atoms with Gasteiger partial charge in [-0.2, -0.15) is 9.67 Å². The lowest BCUT2D eigenvalue weighted by Gasteiger charge is -2.07. The van der Waals surface area contributed by atoms with Crippen LogP contribution in [0.5, 0.6) is 0 Å². The summed E-state index contributed by atoms with van der Waals surface area (Å²) >= 11 is 0. The van der Waals surface area contributed by atoms with E-state index in [-0.39, 0.29) is 24.7 Å². The third kappa shape index (κ3) is 5.30. The monoisotopic (exact) mass is 465 g/mol. The molecule has 0 N–H and O–H groups in total. The van der Waals surface area contributed by atoms with Crippen LogP contribution in [-0.2, 0) is 13.0 Å². The second-order valence-electron chi connectivity index (χ2n) is 7.98. The van der Waals surface area contributed by atoms with Gasteiger partial charge < -0.3 is 12.4 Å². The number of para-hydroxylation sites is 1. The molecule has 0 aliphatic rings. The van der Waals surface area contributed by atoms with Gasteiger partial charge in [-0.3, -0.25) is 4.79 Å². The lowest BCUT2D eigenvalue weighted by atomic mass is 10.1. The maximum atomic E-state index is 12.7. The number of carbonyl (C=O) groups is 1. The van der Waals surface area contributed by atoms with Gasteiger partial charge in [0, 0.05) is 18.1 Å². The normalized spacial score (nSPS) is 10.5. The number of carbonyl (C=O) groups excluding carboxylic acids is 1. The molecule has 3 aromatic carbocycles. The SMILES string of the molecule is O=C(C[n+]1cccc(-c2cc(Cc3ccccc3)nn2-c2ccccc2)c1)c1ccccc1.[Cl-]. The van der Waals surface area contributed by atoms with Crippen LogP contribution in [-0.4, -0.2) is 15.6 Å². The zero-order valence-corrected chi connectivity index (χ0v) is 19.3. The number of pyridine rings is 1. The van der Waals surface area contributed by atoms with E-state index in [0.29, 0.717) is 0 Å². The Bertz CT molecular complexity index is 1370. The van der Waals surface area contributed by atoms with Crippen molar-refractivity contribution in [2.75, 3.05) is 0 Å². The predicted molar refractivity (Wildman–Crippen MR) is 129 cm³/mol. The number of halogens is 1. The lowest BCUT2D eigenvalue weighted by Crippen LogP contribution is -3.00. The van der Waals surface area contributed by atoms with Gasteiger partial charge in [-0.25, -0.2) is 4.68 Å². The summed E-state index contributed by atoms with van der Waals surface area (Å²) < 4.78 is 3.92. The van der Waals surface area contributed by atoms with Gasteiger partial charge in [-0.15, -0.1) is 0 Å². The van der Waals surface area contributed by atoms with Crippen molar-refractivity contribution < 1.29 is 21.8 Å². The van der Waals surface area contributed by atoms with Crippen molar-refractivity contribution in [2.45, 2.75) is 13.0 Å². The summed E-state index contributed by atoms with van der Waals surface area (Å²) in [7, 11) is 0. The van der Waals surface area contributed by atoms with E-state index in [1.54, 1.807) is 0 Å². The number of aromatic nitrogens is 3. The van der Waals surface area contributed by atoms with Crippen LogP contribution in [0.3, 0.4) is 0 Å². The first-order chi connectivity index (χ1) is 16.3. The largest absolute Gasteiger partial charge is 1.00 e. The molecule has 0 aliphatic heterocycles. The van der Waals surface area contributed by atoms with Crippen LogP contribution < -0.4 is 17.0 Å². The van der Waals surface area contributed by atoms with Crippen LogP contribution in [0.25, 0.3) is 16.9 Å². The summed E-state index contributed by atoms with van der Waals surface area (Å²) in [4.78, 5) is 12.7. The van der Waals surface area contributed by atoms with Crippen LogP contribution in [0.2, 0.25) is 0 Å². The van der Waals surface area contributed by atoms with Crippen molar-refractivity contribution in [1.82, 2.24) is 9.78 Å². The minimum Gasteiger partial charge on any atom is -1.00 e. The number of ketones is 1. The summed E-state index contributed by atoms with van der Waals surface area (Å²) in [6.45, 7) is 0.286. The number of Topliss-reactive ketones (excluding diaryl/α,β-unsaturated/α-hetero) is 1. The molecule has 168 valence electrons. The van der Waals surface area contributed by atoms with E-state index in [2.05, 4.69) is 36.4 Å². The molecule has 2 heterocycles. The van der Waals surface area contributed by atoms with Crippen molar-refractivity contribution in [2.24, 2.45) is 0 Å². The summed E-state index contributed by atoms with van der Waals surface area (Å²) in [5.41, 5.74) is 5.94. The Kier molecular flexibility index (Phi) is 7.31. The van der Waals surface area contributed by atoms with Gasteiger partial charge in [0.15, 0.2) is 12.4 Å². The number of benzene rings is 3. The molecule has 34 heavy (non-hydrogen) atoms. The third-order valence-corrected chi connectivity index (χ3v) is 5.56. The van der Waals surface area contributed by atoms with E-state index in [1.165, 1.54) is 5.56 Å². The molecule has 0 radical (unpaired) electrons. The van der Waals surface area contributed by atoms with Gasteiger partial charge in [-0.1, -0.05) is 78.9 Å². The molecule has 0 atom stereocenters. The van der Waals surface area contributed by atoms with E-state index >= 15 is 0 Å². The quantitative estimate of drug-likeness (QED) is 0.273. The van der Waals surface area contributed by atoms with Crippen molar-refractivity contribution >= 4 is 5.78 Å². The number of hydrogen-bond donors (Lipinski definition) is 0. The molecule has 4 nitrogen and oxygen atoms in total. The average Bonchev–Trinajstić information content (AvgIpc) is 3.30. The molecular weight excluding hydrogens is 442 g/mol. The molecular formula is C29H24ClN3O. The minimum absolute atomic E-state index is 0. The standard InChI is InChI=1S/C29H24N3O.ClH/c33-29(24-13-6-2-7-14-24)22-31-18-10-15-25(21-31)28-20-26(19-23-11-4-1-5-12-23)30-32(28)27-16-8-3-9-17-27;/h1-18,20-21H,19,22H2;1H/q+1;/p-1. The maximum Gasteiger partial charge on any atom is 0.227 e. The van der Waals surface area contributed by atoms with Gasteiger partial charge in [-0.05, 0) is 29.8 Å². The van der Waals surface area contributed by atoms with Gasteiger partial charge in [0.2, 0.25) is 12.3 Å². The molecule has 0 fully saturated rings. The lowest BCUT2D eigenvalue weighted by molar-refractivity contribution is -0.682. The molecule has 2 aromatic heterocycles. The number of hydrogen-bond acceptors (Lipinski definition) is 2. The Morgan fingerprint density at radius 3 is 2.15 bits per heavy atom. The summed E-state index contributed by atoms with van der Waals surface area (Å²) in [6.07, 6.45) is 4.70. The minimum atomic E-state index is 0. The fourth-order valence-electron chi connectivity index (χ4n) is 3.95. The van der Waals surface area contributed by atoms with Crippen LogP contribution in [0.15, 0.2) is 122 Å². The Hall–Kier alpha value is -4.02. The van der Waals surface area contributed by atoms with Crippen LogP contribution in [0.4, 0.5) is 0 Å². The highest BCUT2D eigenvalue weighted by Gasteiger charge is 2.17. The molecule has 5 heteroatoms. The molecule has 0 aliphatic carbocycles. The molecule has 0 unspecified atom stereocenters. The first-order valence-corrected chi connectivity index (χ1v) is 11.0. The Morgan fingerprint density at radius 2 is 1.44 bits per heavy atom. The molecule has 5 aromatic rings. The molecule has 0 saturated carbocycles. The second-order valence-corrected chi connectivity index (χ2v) is 7.98.